The summed E-state index contributed by atoms with van der Waals surface area (Å²) in [5, 5.41) is 11.6. The SMILES string of the molecule is CCCn1nncc1C(NCC)C(CC)OC. The van der Waals surface area contributed by atoms with Gasteiger partial charge in [-0.1, -0.05) is 26.0 Å². The van der Waals surface area contributed by atoms with E-state index in [0.29, 0.717) is 0 Å². The van der Waals surface area contributed by atoms with E-state index >= 15 is 0 Å². The minimum absolute atomic E-state index is 0.157. The Balaban J connectivity index is 2.91. The van der Waals surface area contributed by atoms with Crippen LogP contribution in [0.1, 0.15) is 45.3 Å². The topological polar surface area (TPSA) is 52.0 Å². The lowest BCUT2D eigenvalue weighted by Crippen LogP contribution is -2.34. The van der Waals surface area contributed by atoms with Crippen LogP contribution < -0.4 is 5.32 Å². The number of ether oxygens (including phenoxy) is 1. The van der Waals surface area contributed by atoms with Gasteiger partial charge in [-0.3, -0.25) is 0 Å². The molecule has 0 aliphatic rings. The zero-order valence-corrected chi connectivity index (χ0v) is 11.3. The smallest absolute Gasteiger partial charge is 0.0783 e. The number of methoxy groups -OCH3 is 1. The van der Waals surface area contributed by atoms with Gasteiger partial charge in [0.05, 0.1) is 24.0 Å². The van der Waals surface area contributed by atoms with E-state index in [1.807, 2.05) is 10.9 Å². The molecular formula is C12H24N4O. The number of hydrogen-bond donors (Lipinski definition) is 1. The van der Waals surface area contributed by atoms with Crippen molar-refractivity contribution in [2.45, 2.75) is 52.3 Å². The highest BCUT2D eigenvalue weighted by Gasteiger charge is 2.24. The van der Waals surface area contributed by atoms with E-state index in [-0.39, 0.29) is 12.1 Å². The average molecular weight is 240 g/mol. The van der Waals surface area contributed by atoms with Gasteiger partial charge in [-0.05, 0) is 19.4 Å². The van der Waals surface area contributed by atoms with Crippen LogP contribution in [0.25, 0.3) is 0 Å². The van der Waals surface area contributed by atoms with Crippen molar-refractivity contribution in [3.05, 3.63) is 11.9 Å². The standard InChI is InChI=1S/C12H24N4O/c1-5-8-16-10(9-14-15-16)12(13-7-3)11(6-2)17-4/h9,11-13H,5-8H2,1-4H3. The number of nitrogens with one attached hydrogen (secondary N) is 1. The maximum Gasteiger partial charge on any atom is 0.0783 e. The van der Waals surface area contributed by atoms with Crippen molar-refractivity contribution in [1.82, 2.24) is 20.3 Å². The Kier molecular flexibility index (Phi) is 6.15. The molecule has 1 aromatic heterocycles. The van der Waals surface area contributed by atoms with Crippen LogP contribution >= 0.6 is 0 Å². The number of nitrogens with zero attached hydrogens (tertiary/aromatic N) is 3. The number of hydrogen-bond acceptors (Lipinski definition) is 4. The van der Waals surface area contributed by atoms with Crippen molar-refractivity contribution in [2.24, 2.45) is 0 Å². The third-order valence-corrected chi connectivity index (χ3v) is 2.90. The Morgan fingerprint density at radius 2 is 2.18 bits per heavy atom. The molecular weight excluding hydrogens is 216 g/mol. The molecule has 17 heavy (non-hydrogen) atoms. The molecule has 5 nitrogen and oxygen atoms in total. The lowest BCUT2D eigenvalue weighted by atomic mass is 10.1. The van der Waals surface area contributed by atoms with Gasteiger partial charge >= 0.3 is 0 Å². The molecule has 1 heterocycles. The van der Waals surface area contributed by atoms with E-state index in [1.165, 1.54) is 0 Å². The molecule has 1 aromatic rings. The largest absolute Gasteiger partial charge is 0.379 e. The number of aromatic nitrogens is 3. The van der Waals surface area contributed by atoms with Crippen molar-refractivity contribution in [1.29, 1.82) is 0 Å². The molecule has 0 fully saturated rings. The summed E-state index contributed by atoms with van der Waals surface area (Å²) in [6, 6.07) is 0.163. The zero-order valence-electron chi connectivity index (χ0n) is 11.3. The Morgan fingerprint density at radius 3 is 2.71 bits per heavy atom. The quantitative estimate of drug-likeness (QED) is 0.752. The fourth-order valence-corrected chi connectivity index (χ4v) is 2.08. The second kappa shape index (κ2) is 7.40. The van der Waals surface area contributed by atoms with Gasteiger partial charge in [0.2, 0.25) is 0 Å². The third kappa shape index (κ3) is 3.51. The predicted molar refractivity (Wildman–Crippen MR) is 67.8 cm³/mol. The summed E-state index contributed by atoms with van der Waals surface area (Å²) >= 11 is 0. The highest BCUT2D eigenvalue weighted by Crippen LogP contribution is 2.20. The second-order valence-electron chi connectivity index (χ2n) is 4.10. The van der Waals surface area contributed by atoms with Gasteiger partial charge in [0, 0.05) is 13.7 Å². The van der Waals surface area contributed by atoms with Gasteiger partial charge in [-0.2, -0.15) is 0 Å². The molecule has 0 aliphatic carbocycles. The lowest BCUT2D eigenvalue weighted by Gasteiger charge is -2.26. The van der Waals surface area contributed by atoms with Crippen LogP contribution in [-0.2, 0) is 11.3 Å². The van der Waals surface area contributed by atoms with Crippen molar-refractivity contribution < 1.29 is 4.74 Å². The molecule has 0 saturated carbocycles. The molecule has 2 unspecified atom stereocenters. The van der Waals surface area contributed by atoms with Crippen LogP contribution in [0.4, 0.5) is 0 Å². The molecule has 98 valence electrons. The Hall–Kier alpha value is -0.940. The zero-order chi connectivity index (χ0) is 12.7. The van der Waals surface area contributed by atoms with Gasteiger partial charge in [0.25, 0.3) is 0 Å². The summed E-state index contributed by atoms with van der Waals surface area (Å²) < 4.78 is 7.51. The first-order chi connectivity index (χ1) is 8.28. The van der Waals surface area contributed by atoms with Gasteiger partial charge < -0.3 is 10.1 Å². The van der Waals surface area contributed by atoms with Crippen LogP contribution in [0.15, 0.2) is 6.20 Å². The molecule has 1 N–H and O–H groups in total. The van der Waals surface area contributed by atoms with Crippen LogP contribution in [-0.4, -0.2) is 34.8 Å². The highest BCUT2D eigenvalue weighted by molar-refractivity contribution is 5.05. The van der Waals surface area contributed by atoms with E-state index in [9.17, 15) is 0 Å². The fraction of sp³-hybridized carbons (Fsp3) is 0.833. The molecule has 0 saturated heterocycles. The second-order valence-corrected chi connectivity index (χ2v) is 4.10. The Labute approximate surface area is 104 Å². The summed E-state index contributed by atoms with van der Waals surface area (Å²) in [4.78, 5) is 0. The van der Waals surface area contributed by atoms with E-state index in [4.69, 9.17) is 4.74 Å². The van der Waals surface area contributed by atoms with E-state index < -0.39 is 0 Å². The fourth-order valence-electron chi connectivity index (χ4n) is 2.08. The number of likely N-dealkylation sites (N-methyl/N-ethyl adjacent to an activating group) is 1. The van der Waals surface area contributed by atoms with E-state index in [0.717, 1.165) is 31.6 Å². The maximum absolute atomic E-state index is 5.54. The first-order valence-electron chi connectivity index (χ1n) is 6.42. The predicted octanol–water partition coefficient (Wildman–Crippen LogP) is 1.76. The Morgan fingerprint density at radius 1 is 1.41 bits per heavy atom. The summed E-state index contributed by atoms with van der Waals surface area (Å²) in [5.41, 5.74) is 1.11. The first-order valence-corrected chi connectivity index (χ1v) is 6.42. The molecule has 0 bridgehead atoms. The summed E-state index contributed by atoms with van der Waals surface area (Å²) in [6.07, 6.45) is 4.01. The molecule has 0 aromatic carbocycles. The van der Waals surface area contributed by atoms with Crippen molar-refractivity contribution in [3.63, 3.8) is 0 Å². The average Bonchev–Trinajstić information content (AvgIpc) is 2.78. The Bertz CT molecular complexity index is 309. The molecule has 0 amide bonds. The van der Waals surface area contributed by atoms with E-state index in [2.05, 4.69) is 36.4 Å². The van der Waals surface area contributed by atoms with E-state index in [1.54, 1.807) is 7.11 Å². The normalized spacial score (nSPS) is 14.8. The molecule has 1 rings (SSSR count). The monoisotopic (exact) mass is 240 g/mol. The first kappa shape index (κ1) is 14.1. The highest BCUT2D eigenvalue weighted by atomic mass is 16.5. The van der Waals surface area contributed by atoms with Crippen molar-refractivity contribution >= 4 is 0 Å². The summed E-state index contributed by atoms with van der Waals surface area (Å²) in [6.45, 7) is 8.18. The maximum atomic E-state index is 5.54. The van der Waals surface area contributed by atoms with Crippen LogP contribution in [0, 0.1) is 0 Å². The molecule has 2 atom stereocenters. The lowest BCUT2D eigenvalue weighted by molar-refractivity contribution is 0.0627. The number of rotatable bonds is 8. The van der Waals surface area contributed by atoms with Crippen molar-refractivity contribution in [2.75, 3.05) is 13.7 Å². The molecule has 0 aliphatic heterocycles. The van der Waals surface area contributed by atoms with Gasteiger partial charge in [-0.25, -0.2) is 4.68 Å². The van der Waals surface area contributed by atoms with Crippen LogP contribution in [0.5, 0.6) is 0 Å². The van der Waals surface area contributed by atoms with Crippen molar-refractivity contribution in [3.8, 4) is 0 Å². The van der Waals surface area contributed by atoms with Crippen LogP contribution in [0.2, 0.25) is 0 Å². The minimum Gasteiger partial charge on any atom is -0.379 e. The summed E-state index contributed by atoms with van der Waals surface area (Å²) in [7, 11) is 1.76. The number of aryl methyl sites for hydroxylation is 1. The third-order valence-electron chi connectivity index (χ3n) is 2.90. The van der Waals surface area contributed by atoms with Gasteiger partial charge in [-0.15, -0.1) is 5.10 Å². The molecule has 5 heteroatoms. The van der Waals surface area contributed by atoms with Gasteiger partial charge in [0.15, 0.2) is 0 Å². The minimum atomic E-state index is 0.157. The molecule has 0 spiro atoms. The van der Waals surface area contributed by atoms with Crippen LogP contribution in [0.3, 0.4) is 0 Å². The molecule has 0 radical (unpaired) electrons. The van der Waals surface area contributed by atoms with Gasteiger partial charge in [0.1, 0.15) is 0 Å². The summed E-state index contributed by atoms with van der Waals surface area (Å²) in [5.74, 6) is 0.